The van der Waals surface area contributed by atoms with E-state index >= 15 is 0 Å². The molecule has 1 aromatic rings. The first-order valence-corrected chi connectivity index (χ1v) is 11.7. The van der Waals surface area contributed by atoms with Crippen molar-refractivity contribution in [1.29, 1.82) is 0 Å². The number of methoxy groups -OCH3 is 1. The summed E-state index contributed by atoms with van der Waals surface area (Å²) in [6.07, 6.45) is 9.18. The van der Waals surface area contributed by atoms with Crippen molar-refractivity contribution in [1.82, 2.24) is 15.1 Å². The summed E-state index contributed by atoms with van der Waals surface area (Å²) >= 11 is 12.1. The molecule has 1 aromatic carbocycles. The number of allylic oxidation sites excluding steroid dienone is 2. The van der Waals surface area contributed by atoms with Gasteiger partial charge in [-0.2, -0.15) is 0 Å². The minimum atomic E-state index is -0.0383. The Kier molecular flexibility index (Phi) is 11.4. The van der Waals surface area contributed by atoms with Gasteiger partial charge in [-0.3, -0.25) is 4.90 Å². The number of carbonyl (C=O) groups excluding carboxylic acids is 1. The van der Waals surface area contributed by atoms with Crippen LogP contribution in [0.25, 0.3) is 0 Å². The predicted octanol–water partition coefficient (Wildman–Crippen LogP) is 5.53. The number of nitrogens with one attached hydrogen (secondary N) is 1. The lowest BCUT2D eigenvalue weighted by Gasteiger charge is -2.38. The first kappa shape index (κ1) is 25.7. The predicted molar refractivity (Wildman–Crippen MR) is 130 cm³/mol. The van der Waals surface area contributed by atoms with Crippen LogP contribution in [0, 0.1) is 0 Å². The second kappa shape index (κ2) is 13.8. The molecule has 1 N–H and O–H groups in total. The van der Waals surface area contributed by atoms with Crippen LogP contribution in [-0.4, -0.2) is 61.8 Å². The van der Waals surface area contributed by atoms with Gasteiger partial charge in [0.1, 0.15) is 0 Å². The van der Waals surface area contributed by atoms with E-state index in [0.717, 1.165) is 44.5 Å². The molecule has 1 aliphatic heterocycles. The van der Waals surface area contributed by atoms with Gasteiger partial charge in [-0.05, 0) is 56.4 Å². The van der Waals surface area contributed by atoms with Crippen LogP contribution in [0.3, 0.4) is 0 Å². The quantitative estimate of drug-likeness (QED) is 0.363. The number of ether oxygens (including phenoxy) is 1. The Balaban J connectivity index is 1.94. The number of halogens is 2. The fourth-order valence-electron chi connectivity index (χ4n) is 3.86. The Bertz CT molecular complexity index is 759. The van der Waals surface area contributed by atoms with Gasteiger partial charge in [-0.15, -0.1) is 0 Å². The van der Waals surface area contributed by atoms with Crippen molar-refractivity contribution in [2.75, 3.05) is 39.9 Å². The SMILES string of the molecule is CC=CC(=CC)CN1CCC(N(CCCOC)C(=O)NCc2ccc(Cl)c(Cl)c2)CC1. The van der Waals surface area contributed by atoms with E-state index in [2.05, 4.69) is 35.4 Å². The van der Waals surface area contributed by atoms with Gasteiger partial charge < -0.3 is 15.0 Å². The Hall–Kier alpha value is -1.53. The van der Waals surface area contributed by atoms with Crippen molar-refractivity contribution in [3.8, 4) is 0 Å². The number of amides is 2. The summed E-state index contributed by atoms with van der Waals surface area (Å²) in [6, 6.07) is 5.62. The summed E-state index contributed by atoms with van der Waals surface area (Å²) in [5.41, 5.74) is 2.26. The lowest BCUT2D eigenvalue weighted by Crippen LogP contribution is -2.51. The minimum Gasteiger partial charge on any atom is -0.385 e. The summed E-state index contributed by atoms with van der Waals surface area (Å²) in [5.74, 6) is 0. The Morgan fingerprint density at radius 3 is 2.61 bits per heavy atom. The Morgan fingerprint density at radius 2 is 2.00 bits per heavy atom. The van der Waals surface area contributed by atoms with Crippen molar-refractivity contribution in [3.05, 3.63) is 57.6 Å². The Labute approximate surface area is 197 Å². The molecule has 1 saturated heterocycles. The topological polar surface area (TPSA) is 44.8 Å². The lowest BCUT2D eigenvalue weighted by molar-refractivity contribution is 0.114. The number of benzene rings is 1. The highest BCUT2D eigenvalue weighted by molar-refractivity contribution is 6.42. The highest BCUT2D eigenvalue weighted by atomic mass is 35.5. The third-order valence-corrected chi connectivity index (χ3v) is 6.33. The zero-order valence-electron chi connectivity index (χ0n) is 18.9. The second-order valence-electron chi connectivity index (χ2n) is 7.82. The van der Waals surface area contributed by atoms with Crippen LogP contribution in [0.1, 0.15) is 38.7 Å². The fourth-order valence-corrected chi connectivity index (χ4v) is 4.18. The molecule has 0 bridgehead atoms. The van der Waals surface area contributed by atoms with Crippen LogP contribution in [-0.2, 0) is 11.3 Å². The first-order chi connectivity index (χ1) is 15.0. The van der Waals surface area contributed by atoms with E-state index in [9.17, 15) is 4.79 Å². The summed E-state index contributed by atoms with van der Waals surface area (Å²) in [7, 11) is 1.69. The van der Waals surface area contributed by atoms with Gasteiger partial charge in [-0.25, -0.2) is 4.79 Å². The molecule has 2 amide bonds. The number of nitrogens with zero attached hydrogens (tertiary/aromatic N) is 2. The molecule has 2 rings (SSSR count). The van der Waals surface area contributed by atoms with Gasteiger partial charge in [0.2, 0.25) is 0 Å². The number of hydrogen-bond donors (Lipinski definition) is 1. The molecule has 172 valence electrons. The fraction of sp³-hybridized carbons (Fsp3) is 0.542. The lowest BCUT2D eigenvalue weighted by atomic mass is 10.0. The Morgan fingerprint density at radius 1 is 1.26 bits per heavy atom. The number of hydrogen-bond acceptors (Lipinski definition) is 3. The standard InChI is InChI=1S/C24H35Cl2N3O2/c1-4-7-19(5-2)18-28-13-10-21(11-14-28)29(12-6-15-31-3)24(30)27-17-20-8-9-22(25)23(26)16-20/h4-5,7-9,16,21H,6,10-15,17-18H2,1-3H3,(H,27,30). The summed E-state index contributed by atoms with van der Waals surface area (Å²) in [5, 5.41) is 4.06. The molecule has 0 aromatic heterocycles. The van der Waals surface area contributed by atoms with E-state index in [1.54, 1.807) is 19.2 Å². The largest absolute Gasteiger partial charge is 0.385 e. The van der Waals surface area contributed by atoms with Crippen LogP contribution in [0.4, 0.5) is 4.79 Å². The maximum atomic E-state index is 13.0. The normalized spacial score (nSPS) is 16.1. The molecule has 0 unspecified atom stereocenters. The van der Waals surface area contributed by atoms with Gasteiger partial charge in [0.05, 0.1) is 10.0 Å². The minimum absolute atomic E-state index is 0.0383. The summed E-state index contributed by atoms with van der Waals surface area (Å²) < 4.78 is 5.20. The molecule has 5 nitrogen and oxygen atoms in total. The van der Waals surface area contributed by atoms with E-state index in [0.29, 0.717) is 29.7 Å². The summed E-state index contributed by atoms with van der Waals surface area (Å²) in [6.45, 7) is 8.81. The number of carbonyl (C=O) groups is 1. The van der Waals surface area contributed by atoms with Crippen molar-refractivity contribution in [3.63, 3.8) is 0 Å². The third-order valence-electron chi connectivity index (χ3n) is 5.59. The highest BCUT2D eigenvalue weighted by Gasteiger charge is 2.27. The number of piperidine rings is 1. The van der Waals surface area contributed by atoms with Crippen LogP contribution in [0.15, 0.2) is 42.0 Å². The maximum absolute atomic E-state index is 13.0. The van der Waals surface area contributed by atoms with E-state index in [1.165, 1.54) is 5.57 Å². The van der Waals surface area contributed by atoms with Crippen molar-refractivity contribution in [2.45, 2.75) is 45.7 Å². The van der Waals surface area contributed by atoms with Crippen LogP contribution >= 0.6 is 23.2 Å². The zero-order valence-corrected chi connectivity index (χ0v) is 20.4. The number of likely N-dealkylation sites (tertiary alicyclic amines) is 1. The molecule has 0 aliphatic carbocycles. The molecule has 0 spiro atoms. The molecule has 0 atom stereocenters. The highest BCUT2D eigenvalue weighted by Crippen LogP contribution is 2.23. The molecule has 0 saturated carbocycles. The second-order valence-corrected chi connectivity index (χ2v) is 8.63. The van der Waals surface area contributed by atoms with Crippen LogP contribution in [0.5, 0.6) is 0 Å². The molecule has 1 heterocycles. The van der Waals surface area contributed by atoms with Crippen LogP contribution < -0.4 is 5.32 Å². The molecule has 0 radical (unpaired) electrons. The maximum Gasteiger partial charge on any atom is 0.317 e. The first-order valence-electron chi connectivity index (χ1n) is 11.0. The van der Waals surface area contributed by atoms with Crippen molar-refractivity contribution in [2.24, 2.45) is 0 Å². The molecular weight excluding hydrogens is 433 g/mol. The van der Waals surface area contributed by atoms with E-state index in [4.69, 9.17) is 27.9 Å². The van der Waals surface area contributed by atoms with Gasteiger partial charge in [-0.1, -0.05) is 47.5 Å². The van der Waals surface area contributed by atoms with Crippen molar-refractivity contribution < 1.29 is 9.53 Å². The van der Waals surface area contributed by atoms with E-state index in [-0.39, 0.29) is 12.1 Å². The van der Waals surface area contributed by atoms with Crippen LogP contribution in [0.2, 0.25) is 10.0 Å². The summed E-state index contributed by atoms with van der Waals surface area (Å²) in [4.78, 5) is 17.5. The molecular formula is C24H35Cl2N3O2. The smallest absolute Gasteiger partial charge is 0.317 e. The molecule has 1 aliphatic rings. The number of rotatable bonds is 10. The molecule has 1 fully saturated rings. The van der Waals surface area contributed by atoms with E-state index in [1.807, 2.05) is 17.9 Å². The van der Waals surface area contributed by atoms with Gasteiger partial charge in [0, 0.05) is 52.5 Å². The average molecular weight is 468 g/mol. The molecule has 31 heavy (non-hydrogen) atoms. The van der Waals surface area contributed by atoms with Gasteiger partial charge in [0.15, 0.2) is 0 Å². The average Bonchev–Trinajstić information content (AvgIpc) is 2.77. The molecule has 7 heteroatoms. The monoisotopic (exact) mass is 467 g/mol. The number of urea groups is 1. The van der Waals surface area contributed by atoms with Crippen molar-refractivity contribution >= 4 is 29.2 Å². The zero-order chi connectivity index (χ0) is 22.6. The third kappa shape index (κ3) is 8.49. The van der Waals surface area contributed by atoms with E-state index < -0.39 is 0 Å². The van der Waals surface area contributed by atoms with Gasteiger partial charge in [0.25, 0.3) is 0 Å². The van der Waals surface area contributed by atoms with Gasteiger partial charge >= 0.3 is 6.03 Å².